The van der Waals surface area contributed by atoms with E-state index < -0.39 is 0 Å². The molecule has 0 N–H and O–H groups in total. The van der Waals surface area contributed by atoms with E-state index in [0.29, 0.717) is 0 Å². The van der Waals surface area contributed by atoms with E-state index in [9.17, 15) is 0 Å². The highest BCUT2D eigenvalue weighted by Crippen LogP contribution is 2.24. The SMILES string of the molecule is BrCCn1ccc2c(Br)cccc21. The first-order chi connectivity index (χ1) is 6.33. The molecule has 0 amide bonds. The highest BCUT2D eigenvalue weighted by Gasteiger charge is 2.01. The van der Waals surface area contributed by atoms with E-state index in [1.54, 1.807) is 0 Å². The molecule has 2 rings (SSSR count). The summed E-state index contributed by atoms with van der Waals surface area (Å²) in [5, 5.41) is 2.27. The van der Waals surface area contributed by atoms with Gasteiger partial charge in [-0.3, -0.25) is 0 Å². The van der Waals surface area contributed by atoms with Gasteiger partial charge in [-0.2, -0.15) is 0 Å². The molecule has 0 radical (unpaired) electrons. The third kappa shape index (κ3) is 1.67. The van der Waals surface area contributed by atoms with Gasteiger partial charge in [-0.15, -0.1) is 0 Å². The molecule has 13 heavy (non-hydrogen) atoms. The molecule has 0 saturated heterocycles. The van der Waals surface area contributed by atoms with E-state index in [1.165, 1.54) is 15.4 Å². The third-order valence-electron chi connectivity index (χ3n) is 2.09. The van der Waals surface area contributed by atoms with Crippen LogP contribution in [0.25, 0.3) is 10.9 Å². The maximum absolute atomic E-state index is 3.54. The molecule has 1 heterocycles. The van der Waals surface area contributed by atoms with Gasteiger partial charge in [-0.05, 0) is 18.2 Å². The molecule has 2 aromatic rings. The first kappa shape index (κ1) is 9.28. The first-order valence-electron chi connectivity index (χ1n) is 4.12. The van der Waals surface area contributed by atoms with Gasteiger partial charge in [0.15, 0.2) is 0 Å². The van der Waals surface area contributed by atoms with Crippen molar-refractivity contribution in [2.24, 2.45) is 0 Å². The summed E-state index contributed by atoms with van der Waals surface area (Å²) in [5.74, 6) is 0. The number of benzene rings is 1. The Morgan fingerprint density at radius 1 is 1.23 bits per heavy atom. The van der Waals surface area contributed by atoms with Gasteiger partial charge in [0.2, 0.25) is 0 Å². The van der Waals surface area contributed by atoms with Crippen LogP contribution >= 0.6 is 31.9 Å². The fraction of sp³-hybridized carbons (Fsp3) is 0.200. The quantitative estimate of drug-likeness (QED) is 0.744. The van der Waals surface area contributed by atoms with Gasteiger partial charge >= 0.3 is 0 Å². The van der Waals surface area contributed by atoms with E-state index >= 15 is 0 Å². The Labute approximate surface area is 94.0 Å². The van der Waals surface area contributed by atoms with Gasteiger partial charge in [-0.25, -0.2) is 0 Å². The molecule has 0 aliphatic heterocycles. The molecule has 1 aromatic carbocycles. The van der Waals surface area contributed by atoms with Gasteiger partial charge in [0, 0.05) is 33.4 Å². The van der Waals surface area contributed by atoms with Crippen LogP contribution in [0, 0.1) is 0 Å². The summed E-state index contributed by atoms with van der Waals surface area (Å²) in [6.07, 6.45) is 2.12. The van der Waals surface area contributed by atoms with Crippen molar-refractivity contribution in [3.05, 3.63) is 34.9 Å². The highest BCUT2D eigenvalue weighted by atomic mass is 79.9. The van der Waals surface area contributed by atoms with Gasteiger partial charge < -0.3 is 4.57 Å². The summed E-state index contributed by atoms with van der Waals surface area (Å²) < 4.78 is 3.41. The van der Waals surface area contributed by atoms with Crippen LogP contribution in [-0.2, 0) is 6.54 Å². The summed E-state index contributed by atoms with van der Waals surface area (Å²) in [6.45, 7) is 1.01. The van der Waals surface area contributed by atoms with Crippen molar-refractivity contribution in [2.75, 3.05) is 5.33 Å². The number of alkyl halides is 1. The predicted molar refractivity (Wildman–Crippen MR) is 63.4 cm³/mol. The van der Waals surface area contributed by atoms with E-state index in [0.717, 1.165) is 11.9 Å². The molecule has 0 saturated carbocycles. The Bertz CT molecular complexity index is 420. The smallest absolute Gasteiger partial charge is 0.0491 e. The molecular formula is C10H9Br2N. The molecule has 0 fully saturated rings. The molecule has 68 valence electrons. The Kier molecular flexibility index (Phi) is 2.74. The number of aromatic nitrogens is 1. The number of rotatable bonds is 2. The van der Waals surface area contributed by atoms with Crippen molar-refractivity contribution in [1.29, 1.82) is 0 Å². The monoisotopic (exact) mass is 301 g/mol. The van der Waals surface area contributed by atoms with Crippen LogP contribution in [0.3, 0.4) is 0 Å². The molecule has 3 heteroatoms. The first-order valence-corrected chi connectivity index (χ1v) is 6.03. The van der Waals surface area contributed by atoms with Crippen molar-refractivity contribution in [3.63, 3.8) is 0 Å². The predicted octanol–water partition coefficient (Wildman–Crippen LogP) is 3.80. The second-order valence-corrected chi connectivity index (χ2v) is 4.52. The minimum Gasteiger partial charge on any atom is -0.347 e. The fourth-order valence-corrected chi connectivity index (χ4v) is 2.34. The number of fused-ring (bicyclic) bond motifs is 1. The van der Waals surface area contributed by atoms with Crippen LogP contribution in [0.15, 0.2) is 34.9 Å². The normalized spacial score (nSPS) is 10.9. The van der Waals surface area contributed by atoms with Crippen molar-refractivity contribution in [1.82, 2.24) is 4.57 Å². The average Bonchev–Trinajstić information content (AvgIpc) is 2.51. The summed E-state index contributed by atoms with van der Waals surface area (Å²) in [7, 11) is 0. The maximum Gasteiger partial charge on any atom is 0.0491 e. The minimum atomic E-state index is 0.989. The highest BCUT2D eigenvalue weighted by molar-refractivity contribution is 9.10. The fourth-order valence-electron chi connectivity index (χ4n) is 1.47. The lowest BCUT2D eigenvalue weighted by molar-refractivity contribution is 0.812. The summed E-state index contributed by atoms with van der Waals surface area (Å²) >= 11 is 6.98. The average molecular weight is 303 g/mol. The number of hydrogen-bond donors (Lipinski definition) is 0. The van der Waals surface area contributed by atoms with Crippen molar-refractivity contribution in [2.45, 2.75) is 6.54 Å². The van der Waals surface area contributed by atoms with Crippen LogP contribution in [0.2, 0.25) is 0 Å². The van der Waals surface area contributed by atoms with E-state index in [4.69, 9.17) is 0 Å². The lowest BCUT2D eigenvalue weighted by atomic mass is 10.2. The molecule has 0 aliphatic rings. The molecule has 1 aromatic heterocycles. The number of nitrogens with zero attached hydrogens (tertiary/aromatic N) is 1. The van der Waals surface area contributed by atoms with Gasteiger partial charge in [0.1, 0.15) is 0 Å². The van der Waals surface area contributed by atoms with Crippen molar-refractivity contribution in [3.8, 4) is 0 Å². The van der Waals surface area contributed by atoms with Crippen molar-refractivity contribution < 1.29 is 0 Å². The third-order valence-corrected chi connectivity index (χ3v) is 3.13. The Balaban J connectivity index is 2.61. The summed E-state index contributed by atoms with van der Waals surface area (Å²) in [6, 6.07) is 8.42. The molecule has 0 aliphatic carbocycles. The lowest BCUT2D eigenvalue weighted by Crippen LogP contribution is -1.95. The van der Waals surface area contributed by atoms with Crippen molar-refractivity contribution >= 4 is 42.8 Å². The summed E-state index contributed by atoms with van der Waals surface area (Å²) in [5.41, 5.74) is 1.29. The van der Waals surface area contributed by atoms with Gasteiger partial charge in [0.25, 0.3) is 0 Å². The molecule has 0 atom stereocenters. The Hall–Kier alpha value is -0.280. The van der Waals surface area contributed by atoms with E-state index in [2.05, 4.69) is 66.9 Å². The van der Waals surface area contributed by atoms with E-state index in [-0.39, 0.29) is 0 Å². The Morgan fingerprint density at radius 3 is 2.85 bits per heavy atom. The van der Waals surface area contributed by atoms with Gasteiger partial charge in [-0.1, -0.05) is 37.9 Å². The van der Waals surface area contributed by atoms with Crippen LogP contribution < -0.4 is 0 Å². The molecule has 0 unspecified atom stereocenters. The zero-order valence-electron chi connectivity index (χ0n) is 7.00. The van der Waals surface area contributed by atoms with Gasteiger partial charge in [0.05, 0.1) is 0 Å². The van der Waals surface area contributed by atoms with Crippen LogP contribution in [-0.4, -0.2) is 9.90 Å². The molecule has 1 nitrogen and oxygen atoms in total. The zero-order valence-corrected chi connectivity index (χ0v) is 10.2. The van der Waals surface area contributed by atoms with E-state index in [1.807, 2.05) is 0 Å². The number of aryl methyl sites for hydroxylation is 1. The molecular weight excluding hydrogens is 294 g/mol. The van der Waals surface area contributed by atoms with Crippen LogP contribution in [0.4, 0.5) is 0 Å². The largest absolute Gasteiger partial charge is 0.347 e. The second kappa shape index (κ2) is 3.84. The topological polar surface area (TPSA) is 4.93 Å². The summed E-state index contributed by atoms with van der Waals surface area (Å²) in [4.78, 5) is 0. The number of halogens is 2. The lowest BCUT2D eigenvalue weighted by Gasteiger charge is -2.01. The Morgan fingerprint density at radius 2 is 2.08 bits per heavy atom. The second-order valence-electron chi connectivity index (χ2n) is 2.87. The van der Waals surface area contributed by atoms with Crippen LogP contribution in [0.5, 0.6) is 0 Å². The zero-order chi connectivity index (χ0) is 9.26. The molecule has 0 bridgehead atoms. The minimum absolute atomic E-state index is 0.989. The molecule has 0 spiro atoms. The standard InChI is InChI=1S/C10H9Br2N/c11-5-7-13-6-4-8-9(12)2-1-3-10(8)13/h1-4,6H,5,7H2. The number of hydrogen-bond acceptors (Lipinski definition) is 0. The van der Waals surface area contributed by atoms with Crippen LogP contribution in [0.1, 0.15) is 0 Å². The maximum atomic E-state index is 3.54.